The van der Waals surface area contributed by atoms with Crippen LogP contribution in [0.25, 0.3) is 10.9 Å². The molecule has 0 spiro atoms. The topological polar surface area (TPSA) is 139 Å². The van der Waals surface area contributed by atoms with E-state index in [4.69, 9.17) is 26.2 Å². The number of hydrogen-bond donors (Lipinski definition) is 4. The number of nitrogens with zero attached hydrogens (tertiary/aromatic N) is 2. The van der Waals surface area contributed by atoms with E-state index < -0.39 is 46.2 Å². The van der Waals surface area contributed by atoms with Crippen molar-refractivity contribution in [1.82, 2.24) is 15.6 Å². The Bertz CT molecular complexity index is 1520. The molecule has 0 aliphatic carbocycles. The fourth-order valence-corrected chi connectivity index (χ4v) is 3.51. The van der Waals surface area contributed by atoms with E-state index in [-0.39, 0.29) is 40.1 Å². The maximum Gasteiger partial charge on any atom is 0.267 e. The molecule has 14 heteroatoms. The summed E-state index contributed by atoms with van der Waals surface area (Å²) in [5.74, 6) is -2.92. The number of aliphatic imine (C=N–C) groups is 1. The van der Waals surface area contributed by atoms with Gasteiger partial charge in [-0.05, 0) is 50.6 Å². The van der Waals surface area contributed by atoms with Crippen molar-refractivity contribution >= 4 is 44.6 Å². The Labute approximate surface area is 236 Å². The van der Waals surface area contributed by atoms with Crippen molar-refractivity contribution < 1.29 is 32.6 Å². The van der Waals surface area contributed by atoms with Crippen LogP contribution >= 0.6 is 0 Å². The summed E-state index contributed by atoms with van der Waals surface area (Å²) >= 11 is 0. The maximum absolute atomic E-state index is 14.6. The van der Waals surface area contributed by atoms with Crippen molar-refractivity contribution in [3.8, 4) is 11.5 Å². The van der Waals surface area contributed by atoms with Gasteiger partial charge in [-0.3, -0.25) is 19.6 Å². The predicted molar refractivity (Wildman–Crippen MR) is 149 cm³/mol. The van der Waals surface area contributed by atoms with Crippen LogP contribution in [0, 0.1) is 5.82 Å². The number of pyridine rings is 1. The van der Waals surface area contributed by atoms with Crippen LogP contribution in [-0.2, 0) is 11.2 Å². The zero-order chi connectivity index (χ0) is 30.5. The number of ether oxygens (including phenoxy) is 1. The summed E-state index contributed by atoms with van der Waals surface area (Å²) in [6, 6.07) is 7.13. The summed E-state index contributed by atoms with van der Waals surface area (Å²) in [6.07, 6.45) is 0.615. The van der Waals surface area contributed by atoms with E-state index in [1.165, 1.54) is 36.8 Å². The molecule has 0 unspecified atom stereocenters. The first kappa shape index (κ1) is 31.2. The van der Waals surface area contributed by atoms with Crippen molar-refractivity contribution in [1.29, 1.82) is 0 Å². The lowest BCUT2D eigenvalue weighted by molar-refractivity contribution is -0.119. The molecule has 0 aliphatic heterocycles. The molecule has 0 aliphatic rings. The molecule has 0 bridgehead atoms. The van der Waals surface area contributed by atoms with E-state index in [1.54, 1.807) is 5.32 Å². The summed E-state index contributed by atoms with van der Waals surface area (Å²) in [6.45, 7) is 5.58. The van der Waals surface area contributed by atoms with Crippen LogP contribution < -0.4 is 21.1 Å². The van der Waals surface area contributed by atoms with Gasteiger partial charge in [-0.1, -0.05) is 6.07 Å². The number of nitrogens with one attached hydrogen (secondary N) is 2. The van der Waals surface area contributed by atoms with Crippen LogP contribution in [0.3, 0.4) is 0 Å². The molecule has 210 valence electrons. The molecule has 0 atom stereocenters. The quantitative estimate of drug-likeness (QED) is 0.179. The number of allylic oxidation sites excluding steroid dienone is 1. The number of amides is 2. The maximum atomic E-state index is 14.6. The molecule has 4 radical (unpaired) electrons. The number of carbonyl (C=O) groups excluding carboxylic acids is 2. The number of hydrogen-bond acceptors (Lipinski definition) is 7. The monoisotopic (exact) mass is 563 g/mol. The van der Waals surface area contributed by atoms with Gasteiger partial charge in [0.2, 0.25) is 5.91 Å². The van der Waals surface area contributed by atoms with E-state index in [0.717, 1.165) is 18.2 Å². The predicted octanol–water partition coefficient (Wildman–Crippen LogP) is 3.10. The lowest BCUT2D eigenvalue weighted by Crippen LogP contribution is -2.49. The third-order valence-electron chi connectivity index (χ3n) is 5.30. The molecule has 2 amide bonds. The molecule has 9 nitrogen and oxygen atoms in total. The Kier molecular flexibility index (Phi) is 9.49. The van der Waals surface area contributed by atoms with Gasteiger partial charge in [-0.15, -0.1) is 0 Å². The van der Waals surface area contributed by atoms with Gasteiger partial charge < -0.3 is 26.2 Å². The zero-order valence-electron chi connectivity index (χ0n) is 22.4. The third kappa shape index (κ3) is 8.84. The molecule has 3 rings (SSSR count). The Hall–Kier alpha value is -4.32. The van der Waals surface area contributed by atoms with Crippen LogP contribution in [0.2, 0.25) is 0 Å². The van der Waals surface area contributed by atoms with Crippen molar-refractivity contribution in [3.05, 3.63) is 77.0 Å². The number of aromatic nitrogens is 1. The molecule has 0 fully saturated rings. The molecule has 2 aromatic carbocycles. The zero-order valence-corrected chi connectivity index (χ0v) is 22.4. The van der Waals surface area contributed by atoms with Crippen molar-refractivity contribution in [2.24, 2.45) is 10.7 Å². The Balaban J connectivity index is 1.89. The van der Waals surface area contributed by atoms with Crippen LogP contribution in [0.15, 0.2) is 59.5 Å². The standard InChI is InChI=1S/C27H26B2F3N5O4/c1-26(2,3)35-13-15(12-33)36-23(38)9-14-4-5-21(18(8-14)24(31)32)41-22-6-7-34-20-11-19(30)16(10-17(20)22)25(39)37-27(28,29)40/h4-8,10-13,24,40H,9,33H2,1-3H3,(H,36,38)(H,37,39)/b15-12+,35-13?. The van der Waals surface area contributed by atoms with E-state index in [1.807, 2.05) is 20.8 Å². The van der Waals surface area contributed by atoms with Crippen LogP contribution in [-0.4, -0.2) is 54.9 Å². The van der Waals surface area contributed by atoms with Gasteiger partial charge in [0.05, 0.1) is 34.3 Å². The second kappa shape index (κ2) is 12.5. The number of carbonyl (C=O) groups is 2. The molecule has 5 N–H and O–H groups in total. The van der Waals surface area contributed by atoms with Crippen LogP contribution in [0.4, 0.5) is 13.2 Å². The minimum absolute atomic E-state index is 0.0249. The molecular weight excluding hydrogens is 537 g/mol. The minimum atomic E-state index is -2.98. The van der Waals surface area contributed by atoms with Gasteiger partial charge in [0.1, 0.15) is 33.0 Å². The Morgan fingerprint density at radius 2 is 1.88 bits per heavy atom. The molecule has 1 heterocycles. The largest absolute Gasteiger partial charge is 0.456 e. The Morgan fingerprint density at radius 3 is 2.49 bits per heavy atom. The number of alkyl halides is 2. The molecule has 41 heavy (non-hydrogen) atoms. The van der Waals surface area contributed by atoms with Crippen LogP contribution in [0.5, 0.6) is 11.5 Å². The van der Waals surface area contributed by atoms with Crippen LogP contribution in [0.1, 0.15) is 48.7 Å². The number of aliphatic hydroxyl groups is 1. The van der Waals surface area contributed by atoms with E-state index >= 15 is 0 Å². The second-order valence-corrected chi connectivity index (χ2v) is 9.99. The average Bonchev–Trinajstić information content (AvgIpc) is 2.85. The third-order valence-corrected chi connectivity index (χ3v) is 5.30. The first-order valence-corrected chi connectivity index (χ1v) is 12.1. The highest BCUT2D eigenvalue weighted by Gasteiger charge is 2.22. The van der Waals surface area contributed by atoms with Gasteiger partial charge in [0, 0.05) is 35.6 Å². The molecule has 3 aromatic rings. The number of nitrogens with two attached hydrogens (primary N) is 1. The van der Waals surface area contributed by atoms with Gasteiger partial charge in [-0.25, -0.2) is 13.2 Å². The first-order chi connectivity index (χ1) is 19.1. The lowest BCUT2D eigenvalue weighted by Gasteiger charge is -2.21. The normalized spacial score (nSPS) is 12.6. The summed E-state index contributed by atoms with van der Waals surface area (Å²) < 4.78 is 48.4. The van der Waals surface area contributed by atoms with Crippen molar-refractivity contribution in [3.63, 3.8) is 0 Å². The first-order valence-electron chi connectivity index (χ1n) is 12.1. The van der Waals surface area contributed by atoms with Gasteiger partial charge in [0.15, 0.2) is 0 Å². The van der Waals surface area contributed by atoms with Crippen molar-refractivity contribution in [2.45, 2.75) is 44.7 Å². The SMILES string of the molecule is [B]C([B])(O)NC(=O)c1cc2c(Oc3ccc(CC(=O)N/C(C=NC(C)(C)C)=C/N)cc3C(F)F)ccnc2cc1F. The lowest BCUT2D eigenvalue weighted by atomic mass is 9.73. The van der Waals surface area contributed by atoms with Gasteiger partial charge in [0.25, 0.3) is 12.3 Å². The number of rotatable bonds is 9. The van der Waals surface area contributed by atoms with E-state index in [9.17, 15) is 27.9 Å². The fourth-order valence-electron chi connectivity index (χ4n) is 3.51. The number of fused-ring (bicyclic) bond motifs is 1. The minimum Gasteiger partial charge on any atom is -0.456 e. The number of benzene rings is 2. The second-order valence-electron chi connectivity index (χ2n) is 9.99. The molecule has 0 saturated heterocycles. The summed E-state index contributed by atoms with van der Waals surface area (Å²) in [5.41, 5.74) is 2.04. The van der Waals surface area contributed by atoms with E-state index in [2.05, 4.69) is 15.3 Å². The highest BCUT2D eigenvalue weighted by molar-refractivity contribution is 6.39. The van der Waals surface area contributed by atoms with Gasteiger partial charge >= 0.3 is 0 Å². The molecule has 0 saturated carbocycles. The molecule has 1 aromatic heterocycles. The highest BCUT2D eigenvalue weighted by Crippen LogP contribution is 2.36. The number of halogens is 3. The summed E-state index contributed by atoms with van der Waals surface area (Å²) in [5, 5.41) is 13.9. The fraction of sp³-hybridized carbons (Fsp3) is 0.259. The summed E-state index contributed by atoms with van der Waals surface area (Å²) in [4.78, 5) is 33.1. The highest BCUT2D eigenvalue weighted by atomic mass is 19.3. The Morgan fingerprint density at radius 1 is 1.17 bits per heavy atom. The van der Waals surface area contributed by atoms with E-state index in [0.29, 0.717) is 0 Å². The smallest absolute Gasteiger partial charge is 0.267 e. The summed E-state index contributed by atoms with van der Waals surface area (Å²) in [7, 11) is 10.3. The van der Waals surface area contributed by atoms with Crippen molar-refractivity contribution in [2.75, 3.05) is 0 Å². The average molecular weight is 563 g/mol. The van der Waals surface area contributed by atoms with Gasteiger partial charge in [-0.2, -0.15) is 0 Å². The molecular formula is C27H26B2F3N5O4.